The summed E-state index contributed by atoms with van der Waals surface area (Å²) in [6.07, 6.45) is -2.14. The first kappa shape index (κ1) is 15.0. The molecule has 0 fully saturated rings. The smallest absolute Gasteiger partial charge is 0.253 e. The van der Waals surface area contributed by atoms with Crippen LogP contribution in [0, 0.1) is 0 Å². The summed E-state index contributed by atoms with van der Waals surface area (Å²) >= 11 is 7.39. The highest BCUT2D eigenvalue weighted by Crippen LogP contribution is 2.22. The van der Waals surface area contributed by atoms with E-state index in [4.69, 9.17) is 11.6 Å². The summed E-state index contributed by atoms with van der Waals surface area (Å²) in [4.78, 5) is 11.8. The number of carbonyl (C=O) groups is 1. The molecule has 2 aromatic rings. The SMILES string of the molecule is O=C(NCC(O)c1ccsc1)[C@H](O)c1ccccc1Cl. The van der Waals surface area contributed by atoms with Crippen LogP contribution in [0.5, 0.6) is 0 Å². The van der Waals surface area contributed by atoms with Gasteiger partial charge in [-0.05, 0) is 28.5 Å². The minimum atomic E-state index is -1.35. The van der Waals surface area contributed by atoms with Crippen molar-refractivity contribution in [2.75, 3.05) is 6.54 Å². The molecule has 1 heterocycles. The molecule has 3 N–H and O–H groups in total. The lowest BCUT2D eigenvalue weighted by Crippen LogP contribution is -2.32. The summed E-state index contributed by atoms with van der Waals surface area (Å²) in [7, 11) is 0. The quantitative estimate of drug-likeness (QED) is 0.793. The van der Waals surface area contributed by atoms with E-state index in [9.17, 15) is 15.0 Å². The maximum atomic E-state index is 11.8. The van der Waals surface area contributed by atoms with Gasteiger partial charge < -0.3 is 15.5 Å². The molecule has 4 nitrogen and oxygen atoms in total. The van der Waals surface area contributed by atoms with Crippen molar-refractivity contribution < 1.29 is 15.0 Å². The summed E-state index contributed by atoms with van der Waals surface area (Å²) in [6.45, 7) is 0.0388. The first-order chi connectivity index (χ1) is 9.59. The molecule has 0 radical (unpaired) electrons. The Balaban J connectivity index is 1.93. The minimum Gasteiger partial charge on any atom is -0.387 e. The van der Waals surface area contributed by atoms with E-state index in [0.717, 1.165) is 5.56 Å². The summed E-state index contributed by atoms with van der Waals surface area (Å²) in [5.74, 6) is -0.590. The molecule has 20 heavy (non-hydrogen) atoms. The molecule has 1 unspecified atom stereocenters. The molecule has 2 rings (SSSR count). The van der Waals surface area contributed by atoms with Crippen molar-refractivity contribution in [3.05, 3.63) is 57.2 Å². The van der Waals surface area contributed by atoms with E-state index in [-0.39, 0.29) is 6.54 Å². The Hall–Kier alpha value is -1.40. The van der Waals surface area contributed by atoms with Crippen LogP contribution in [0.15, 0.2) is 41.1 Å². The van der Waals surface area contributed by atoms with Gasteiger partial charge in [0.15, 0.2) is 6.10 Å². The molecular formula is C14H14ClNO3S. The second kappa shape index (κ2) is 6.85. The standard InChI is InChI=1S/C14H14ClNO3S/c15-11-4-2-1-3-10(11)13(18)14(19)16-7-12(17)9-5-6-20-8-9/h1-6,8,12-13,17-18H,7H2,(H,16,19)/t12?,13-/m1/s1. The van der Waals surface area contributed by atoms with E-state index < -0.39 is 18.1 Å². The lowest BCUT2D eigenvalue weighted by molar-refractivity contribution is -0.130. The molecule has 1 amide bonds. The third-order valence-electron chi connectivity index (χ3n) is 2.85. The number of rotatable bonds is 5. The van der Waals surface area contributed by atoms with E-state index in [1.54, 1.807) is 35.7 Å². The van der Waals surface area contributed by atoms with E-state index in [0.29, 0.717) is 10.6 Å². The van der Waals surface area contributed by atoms with Gasteiger partial charge in [0.05, 0.1) is 6.10 Å². The van der Waals surface area contributed by atoms with E-state index in [1.807, 2.05) is 5.38 Å². The first-order valence-electron chi connectivity index (χ1n) is 6.00. The minimum absolute atomic E-state index is 0.0388. The highest BCUT2D eigenvalue weighted by molar-refractivity contribution is 7.07. The molecule has 6 heteroatoms. The number of nitrogens with one attached hydrogen (secondary N) is 1. The number of aliphatic hydroxyl groups excluding tert-OH is 2. The van der Waals surface area contributed by atoms with Gasteiger partial charge >= 0.3 is 0 Å². The highest BCUT2D eigenvalue weighted by atomic mass is 35.5. The largest absolute Gasteiger partial charge is 0.387 e. The molecule has 0 spiro atoms. The molecular weight excluding hydrogens is 298 g/mol. The Morgan fingerprint density at radius 2 is 2.05 bits per heavy atom. The first-order valence-corrected chi connectivity index (χ1v) is 7.32. The van der Waals surface area contributed by atoms with Crippen LogP contribution in [-0.4, -0.2) is 22.7 Å². The van der Waals surface area contributed by atoms with Gasteiger partial charge in [0.25, 0.3) is 5.91 Å². The summed E-state index contributed by atoms with van der Waals surface area (Å²) < 4.78 is 0. The Morgan fingerprint density at radius 1 is 1.30 bits per heavy atom. The summed E-state index contributed by atoms with van der Waals surface area (Å²) in [6, 6.07) is 8.39. The number of benzene rings is 1. The predicted molar refractivity (Wildman–Crippen MR) is 78.7 cm³/mol. The molecule has 0 aliphatic rings. The normalized spacial score (nSPS) is 13.8. The van der Waals surface area contributed by atoms with Crippen LogP contribution >= 0.6 is 22.9 Å². The fraction of sp³-hybridized carbons (Fsp3) is 0.214. The van der Waals surface area contributed by atoms with Crippen molar-refractivity contribution in [2.45, 2.75) is 12.2 Å². The fourth-order valence-electron chi connectivity index (χ4n) is 1.71. The lowest BCUT2D eigenvalue weighted by atomic mass is 10.1. The third-order valence-corrected chi connectivity index (χ3v) is 3.89. The Bertz CT molecular complexity index is 574. The maximum absolute atomic E-state index is 11.8. The van der Waals surface area contributed by atoms with Crippen LogP contribution in [0.2, 0.25) is 5.02 Å². The van der Waals surface area contributed by atoms with Crippen molar-refractivity contribution in [3.8, 4) is 0 Å². The molecule has 1 aromatic carbocycles. The Morgan fingerprint density at radius 3 is 2.70 bits per heavy atom. The predicted octanol–water partition coefficient (Wildman–Crippen LogP) is 2.28. The number of halogens is 1. The number of hydrogen-bond donors (Lipinski definition) is 3. The monoisotopic (exact) mass is 311 g/mol. The van der Waals surface area contributed by atoms with Crippen molar-refractivity contribution in [3.63, 3.8) is 0 Å². The van der Waals surface area contributed by atoms with Gasteiger partial charge in [-0.15, -0.1) is 0 Å². The zero-order chi connectivity index (χ0) is 14.5. The number of amides is 1. The van der Waals surface area contributed by atoms with E-state index in [1.165, 1.54) is 11.3 Å². The van der Waals surface area contributed by atoms with Gasteiger partial charge in [-0.3, -0.25) is 4.79 Å². The Labute approximate surface area is 125 Å². The average Bonchev–Trinajstić information content (AvgIpc) is 2.98. The van der Waals surface area contributed by atoms with Gasteiger partial charge in [0.2, 0.25) is 0 Å². The van der Waals surface area contributed by atoms with E-state index in [2.05, 4.69) is 5.32 Å². The van der Waals surface area contributed by atoms with Crippen LogP contribution in [0.4, 0.5) is 0 Å². The van der Waals surface area contributed by atoms with Gasteiger partial charge in [-0.2, -0.15) is 11.3 Å². The second-order valence-electron chi connectivity index (χ2n) is 4.24. The van der Waals surface area contributed by atoms with Crippen LogP contribution in [0.3, 0.4) is 0 Å². The van der Waals surface area contributed by atoms with Gasteiger partial charge in [-0.1, -0.05) is 29.8 Å². The molecule has 0 aliphatic carbocycles. The Kier molecular flexibility index (Phi) is 5.14. The summed E-state index contributed by atoms with van der Waals surface area (Å²) in [5.41, 5.74) is 1.08. The van der Waals surface area contributed by atoms with Crippen molar-refractivity contribution in [2.24, 2.45) is 0 Å². The average molecular weight is 312 g/mol. The van der Waals surface area contributed by atoms with Crippen LogP contribution in [0.25, 0.3) is 0 Å². The maximum Gasteiger partial charge on any atom is 0.253 e. The lowest BCUT2D eigenvalue weighted by Gasteiger charge is -2.15. The zero-order valence-electron chi connectivity index (χ0n) is 10.5. The number of carbonyl (C=O) groups excluding carboxylic acids is 1. The number of thiophene rings is 1. The number of hydrogen-bond acceptors (Lipinski definition) is 4. The molecule has 1 aromatic heterocycles. The fourth-order valence-corrected chi connectivity index (χ4v) is 2.66. The molecule has 106 valence electrons. The molecule has 0 aliphatic heterocycles. The van der Waals surface area contributed by atoms with Crippen LogP contribution < -0.4 is 5.32 Å². The van der Waals surface area contributed by atoms with Crippen molar-refractivity contribution >= 4 is 28.8 Å². The molecule has 0 saturated carbocycles. The number of aliphatic hydroxyl groups is 2. The topological polar surface area (TPSA) is 69.6 Å². The molecule has 0 saturated heterocycles. The van der Waals surface area contributed by atoms with Crippen molar-refractivity contribution in [1.29, 1.82) is 0 Å². The van der Waals surface area contributed by atoms with Crippen LogP contribution in [-0.2, 0) is 4.79 Å². The van der Waals surface area contributed by atoms with Gasteiger partial charge in [0.1, 0.15) is 0 Å². The highest BCUT2D eigenvalue weighted by Gasteiger charge is 2.20. The second-order valence-corrected chi connectivity index (χ2v) is 5.43. The third kappa shape index (κ3) is 3.58. The van der Waals surface area contributed by atoms with Crippen LogP contribution in [0.1, 0.15) is 23.3 Å². The zero-order valence-corrected chi connectivity index (χ0v) is 12.1. The van der Waals surface area contributed by atoms with Crippen molar-refractivity contribution in [1.82, 2.24) is 5.32 Å². The summed E-state index contributed by atoms with van der Waals surface area (Å²) in [5, 5.41) is 26.3. The molecule has 2 atom stereocenters. The van der Waals surface area contributed by atoms with Gasteiger partial charge in [0, 0.05) is 17.1 Å². The van der Waals surface area contributed by atoms with E-state index >= 15 is 0 Å². The van der Waals surface area contributed by atoms with Gasteiger partial charge in [-0.25, -0.2) is 0 Å². The molecule has 0 bridgehead atoms.